The first-order valence-electron chi connectivity index (χ1n) is 9.23. The largest absolute Gasteiger partial charge is 0.453 e. The van der Waals surface area contributed by atoms with Gasteiger partial charge in [-0.2, -0.15) is 18.2 Å². The van der Waals surface area contributed by atoms with Crippen molar-refractivity contribution in [2.45, 2.75) is 59.2 Å². The van der Waals surface area contributed by atoms with Crippen molar-refractivity contribution in [3.05, 3.63) is 22.8 Å². The Labute approximate surface area is 161 Å². The summed E-state index contributed by atoms with van der Waals surface area (Å²) in [6.45, 7) is 8.69. The summed E-state index contributed by atoms with van der Waals surface area (Å²) in [5.74, 6) is -1.31. The van der Waals surface area contributed by atoms with Crippen LogP contribution in [-0.4, -0.2) is 49.5 Å². The Balaban J connectivity index is 1.78. The van der Waals surface area contributed by atoms with Crippen LogP contribution in [0.4, 0.5) is 13.2 Å². The van der Waals surface area contributed by atoms with Crippen LogP contribution < -0.4 is 5.73 Å². The number of carbonyl (C=O) groups excluding carboxylic acids is 1. The lowest BCUT2D eigenvalue weighted by atomic mass is 9.79. The highest BCUT2D eigenvalue weighted by Crippen LogP contribution is 2.29. The van der Waals surface area contributed by atoms with Crippen LogP contribution in [-0.2, 0) is 17.4 Å². The van der Waals surface area contributed by atoms with Gasteiger partial charge in [0.1, 0.15) is 0 Å². The molecule has 154 valence electrons. The maximum absolute atomic E-state index is 12.9. The van der Waals surface area contributed by atoms with Crippen LogP contribution in [0.15, 0.2) is 0 Å². The highest BCUT2D eigenvalue weighted by Gasteiger charge is 2.37. The summed E-state index contributed by atoms with van der Waals surface area (Å²) in [6.07, 6.45) is -3.25. The lowest BCUT2D eigenvalue weighted by Crippen LogP contribution is -2.54. The van der Waals surface area contributed by atoms with Gasteiger partial charge in [0, 0.05) is 36.9 Å². The molecule has 7 nitrogen and oxygen atoms in total. The van der Waals surface area contributed by atoms with E-state index in [1.54, 1.807) is 13.8 Å². The Kier molecular flexibility index (Phi) is 5.11. The Hall–Kier alpha value is -2.23. The first-order chi connectivity index (χ1) is 12.9. The summed E-state index contributed by atoms with van der Waals surface area (Å²) < 4.78 is 39.7. The average Bonchev–Trinajstić information content (AvgIpc) is 3.01. The van der Waals surface area contributed by atoms with Crippen molar-refractivity contribution in [1.29, 1.82) is 0 Å². The van der Waals surface area contributed by atoms with Crippen LogP contribution in [0.2, 0.25) is 0 Å². The van der Waals surface area contributed by atoms with Gasteiger partial charge in [-0.1, -0.05) is 13.8 Å². The van der Waals surface area contributed by atoms with Crippen LogP contribution in [0.5, 0.6) is 0 Å². The molecule has 1 aliphatic rings. The fourth-order valence-electron chi connectivity index (χ4n) is 3.67. The van der Waals surface area contributed by atoms with E-state index < -0.39 is 12.0 Å². The second-order valence-corrected chi connectivity index (χ2v) is 8.11. The van der Waals surface area contributed by atoms with Crippen LogP contribution in [0.3, 0.4) is 0 Å². The van der Waals surface area contributed by atoms with Gasteiger partial charge in [0.25, 0.3) is 11.6 Å². The number of fused-ring (bicyclic) bond motifs is 1. The molecule has 2 aromatic rings. The minimum atomic E-state index is -4.63. The van der Waals surface area contributed by atoms with E-state index in [1.807, 2.05) is 18.7 Å². The molecule has 0 aromatic carbocycles. The van der Waals surface area contributed by atoms with Gasteiger partial charge in [0.2, 0.25) is 5.91 Å². The summed E-state index contributed by atoms with van der Waals surface area (Å²) in [4.78, 5) is 22.1. The highest BCUT2D eigenvalue weighted by molar-refractivity contribution is 5.76. The average molecular weight is 398 g/mol. The molecule has 2 N–H and O–H groups in total. The number of aryl methyl sites for hydroxylation is 2. The molecule has 10 heteroatoms. The van der Waals surface area contributed by atoms with E-state index in [0.717, 1.165) is 10.9 Å². The number of hydrogen-bond acceptors (Lipinski definition) is 5. The normalized spacial score (nSPS) is 20.0. The van der Waals surface area contributed by atoms with E-state index in [1.165, 1.54) is 0 Å². The van der Waals surface area contributed by atoms with E-state index in [9.17, 15) is 18.0 Å². The molecule has 28 heavy (non-hydrogen) atoms. The second-order valence-electron chi connectivity index (χ2n) is 8.11. The molecule has 0 spiro atoms. The number of carbonyl (C=O) groups is 1. The molecule has 3 rings (SSSR count). The quantitative estimate of drug-likeness (QED) is 0.857. The maximum atomic E-state index is 12.9. The van der Waals surface area contributed by atoms with Crippen molar-refractivity contribution in [1.82, 2.24) is 24.5 Å². The lowest BCUT2D eigenvalue weighted by Gasteiger charge is -2.42. The molecule has 3 heterocycles. The number of nitrogens with zero attached hydrogens (tertiary/aromatic N) is 5. The predicted octanol–water partition coefficient (Wildman–Crippen LogP) is 2.28. The number of nitrogens with two attached hydrogens (primary N) is 1. The molecule has 1 unspecified atom stereocenters. The molecule has 1 amide bonds. The van der Waals surface area contributed by atoms with E-state index in [0.29, 0.717) is 36.5 Å². The molecular formula is C18H25F3N6O. The fraction of sp³-hybridized carbons (Fsp3) is 0.667. The third-order valence-electron chi connectivity index (χ3n) is 5.56. The van der Waals surface area contributed by atoms with Crippen LogP contribution in [0, 0.1) is 19.3 Å². The van der Waals surface area contributed by atoms with Gasteiger partial charge >= 0.3 is 6.18 Å². The Bertz CT molecular complexity index is 905. The summed E-state index contributed by atoms with van der Waals surface area (Å²) in [7, 11) is 0. The van der Waals surface area contributed by atoms with Crippen LogP contribution in [0.25, 0.3) is 5.78 Å². The molecule has 1 atom stereocenters. The van der Waals surface area contributed by atoms with E-state index >= 15 is 0 Å². The van der Waals surface area contributed by atoms with Crippen molar-refractivity contribution in [3.8, 4) is 0 Å². The van der Waals surface area contributed by atoms with Crippen molar-refractivity contribution >= 4 is 11.7 Å². The summed E-state index contributed by atoms with van der Waals surface area (Å²) in [6, 6.07) is 0.0581. The summed E-state index contributed by atoms with van der Waals surface area (Å²) in [5, 5.41) is 3.54. The number of rotatable bonds is 3. The standard InChI is InChI=1S/C18H25F3N6O/c1-10-12(5-6-14(28)26-8-7-13(22)17(3,4)9-26)11(2)27-16(23-10)24-15(25-27)18(19,20)21/h13H,5-9,22H2,1-4H3. The van der Waals surface area contributed by atoms with Crippen molar-refractivity contribution in [2.24, 2.45) is 11.1 Å². The number of alkyl halides is 3. The summed E-state index contributed by atoms with van der Waals surface area (Å²) in [5.41, 5.74) is 7.76. The molecule has 0 aliphatic carbocycles. The maximum Gasteiger partial charge on any atom is 0.453 e. The molecule has 1 fully saturated rings. The van der Waals surface area contributed by atoms with E-state index in [-0.39, 0.29) is 29.6 Å². The molecule has 0 bridgehead atoms. The van der Waals surface area contributed by atoms with Crippen molar-refractivity contribution < 1.29 is 18.0 Å². The molecule has 1 saturated heterocycles. The Morgan fingerprint density at radius 1 is 1.29 bits per heavy atom. The summed E-state index contributed by atoms with van der Waals surface area (Å²) >= 11 is 0. The number of amides is 1. The zero-order chi connectivity index (χ0) is 20.9. The minimum Gasteiger partial charge on any atom is -0.342 e. The van der Waals surface area contributed by atoms with Gasteiger partial charge < -0.3 is 10.6 Å². The Morgan fingerprint density at radius 2 is 1.96 bits per heavy atom. The lowest BCUT2D eigenvalue weighted by molar-refractivity contribution is -0.144. The van der Waals surface area contributed by atoms with Crippen molar-refractivity contribution in [3.63, 3.8) is 0 Å². The molecule has 2 aromatic heterocycles. The van der Waals surface area contributed by atoms with Crippen molar-refractivity contribution in [2.75, 3.05) is 13.1 Å². The smallest absolute Gasteiger partial charge is 0.342 e. The van der Waals surface area contributed by atoms with E-state index in [4.69, 9.17) is 5.73 Å². The number of aromatic nitrogens is 4. The fourth-order valence-corrected chi connectivity index (χ4v) is 3.67. The number of piperidine rings is 1. The van der Waals surface area contributed by atoms with Crippen LogP contribution in [0.1, 0.15) is 49.5 Å². The monoisotopic (exact) mass is 398 g/mol. The van der Waals surface area contributed by atoms with E-state index in [2.05, 4.69) is 15.1 Å². The highest BCUT2D eigenvalue weighted by atomic mass is 19.4. The third-order valence-corrected chi connectivity index (χ3v) is 5.56. The van der Waals surface area contributed by atoms with Gasteiger partial charge in [0.15, 0.2) is 0 Å². The van der Waals surface area contributed by atoms with Crippen LogP contribution >= 0.6 is 0 Å². The second kappa shape index (κ2) is 6.98. The minimum absolute atomic E-state index is 0.00782. The zero-order valence-corrected chi connectivity index (χ0v) is 16.5. The van der Waals surface area contributed by atoms with Gasteiger partial charge in [-0.15, -0.1) is 5.10 Å². The topological polar surface area (TPSA) is 89.4 Å². The first kappa shape index (κ1) is 20.5. The molecule has 1 aliphatic heterocycles. The van der Waals surface area contributed by atoms with Gasteiger partial charge in [-0.3, -0.25) is 4.79 Å². The predicted molar refractivity (Wildman–Crippen MR) is 96.5 cm³/mol. The molecule has 0 saturated carbocycles. The zero-order valence-electron chi connectivity index (χ0n) is 16.5. The third kappa shape index (κ3) is 3.82. The SMILES string of the molecule is Cc1nc2nc(C(F)(F)F)nn2c(C)c1CCC(=O)N1CCC(N)C(C)(C)C1. The Morgan fingerprint density at radius 3 is 2.57 bits per heavy atom. The number of likely N-dealkylation sites (tertiary alicyclic amines) is 1. The molecular weight excluding hydrogens is 373 g/mol. The van der Waals surface area contributed by atoms with Gasteiger partial charge in [0.05, 0.1) is 0 Å². The number of halogens is 3. The van der Waals surface area contributed by atoms with Gasteiger partial charge in [-0.25, -0.2) is 9.50 Å². The first-order valence-corrected chi connectivity index (χ1v) is 9.23. The number of hydrogen-bond donors (Lipinski definition) is 1. The van der Waals surface area contributed by atoms with Gasteiger partial charge in [-0.05, 0) is 37.7 Å². The molecule has 0 radical (unpaired) electrons.